The lowest BCUT2D eigenvalue weighted by Crippen LogP contribution is -2.39. The number of carbonyl (C=O) groups excluding carboxylic acids is 2. The molecule has 0 saturated heterocycles. The van der Waals surface area contributed by atoms with E-state index in [-0.39, 0.29) is 11.9 Å². The number of hydrogen-bond donors (Lipinski definition) is 1. The summed E-state index contributed by atoms with van der Waals surface area (Å²) in [6.07, 6.45) is 1.11. The van der Waals surface area contributed by atoms with Crippen molar-refractivity contribution in [2.24, 2.45) is 0 Å². The van der Waals surface area contributed by atoms with Crippen LogP contribution in [0.1, 0.15) is 18.4 Å². The molecule has 0 atom stereocenters. The highest BCUT2D eigenvalue weighted by molar-refractivity contribution is 5.78. The predicted molar refractivity (Wildman–Crippen MR) is 90.1 cm³/mol. The van der Waals surface area contributed by atoms with Crippen molar-refractivity contribution >= 4 is 11.9 Å². The van der Waals surface area contributed by atoms with E-state index in [0.29, 0.717) is 32.7 Å². The van der Waals surface area contributed by atoms with Gasteiger partial charge in [-0.3, -0.25) is 4.79 Å². The molecule has 6 heteroatoms. The van der Waals surface area contributed by atoms with Crippen LogP contribution in [0, 0.1) is 0 Å². The van der Waals surface area contributed by atoms with Crippen LogP contribution in [-0.2, 0) is 16.1 Å². The van der Waals surface area contributed by atoms with Crippen LogP contribution in [0.15, 0.2) is 30.3 Å². The number of methoxy groups -OCH3 is 1. The van der Waals surface area contributed by atoms with Gasteiger partial charge in [-0.05, 0) is 12.0 Å². The standard InChI is InChI=1S/C17H27N3O3/c1-19(12-7-13-23-3)16(21)10-11-18-17(22)20(2)14-15-8-5-4-6-9-15/h4-6,8-9H,7,10-14H2,1-3H3,(H,18,22). The summed E-state index contributed by atoms with van der Waals surface area (Å²) in [5.41, 5.74) is 1.07. The molecule has 0 aliphatic rings. The molecular formula is C17H27N3O3. The number of ether oxygens (including phenoxy) is 1. The molecule has 3 amide bonds. The van der Waals surface area contributed by atoms with E-state index in [0.717, 1.165) is 12.0 Å². The Kier molecular flexibility index (Phi) is 8.75. The Morgan fingerprint density at radius 1 is 1.13 bits per heavy atom. The molecule has 0 radical (unpaired) electrons. The van der Waals surface area contributed by atoms with Crippen LogP contribution < -0.4 is 5.32 Å². The van der Waals surface area contributed by atoms with Crippen LogP contribution in [0.5, 0.6) is 0 Å². The Hall–Kier alpha value is -2.08. The van der Waals surface area contributed by atoms with E-state index >= 15 is 0 Å². The summed E-state index contributed by atoms with van der Waals surface area (Å²) in [6, 6.07) is 9.60. The number of urea groups is 1. The van der Waals surface area contributed by atoms with E-state index in [1.807, 2.05) is 30.3 Å². The predicted octanol–water partition coefficient (Wildman–Crippen LogP) is 1.71. The number of nitrogens with one attached hydrogen (secondary N) is 1. The van der Waals surface area contributed by atoms with Crippen molar-refractivity contribution in [2.45, 2.75) is 19.4 Å². The van der Waals surface area contributed by atoms with E-state index in [1.54, 1.807) is 31.0 Å². The Morgan fingerprint density at radius 3 is 2.48 bits per heavy atom. The highest BCUT2D eigenvalue weighted by Crippen LogP contribution is 2.02. The third-order valence-electron chi connectivity index (χ3n) is 3.49. The van der Waals surface area contributed by atoms with Gasteiger partial charge in [-0.25, -0.2) is 4.79 Å². The highest BCUT2D eigenvalue weighted by atomic mass is 16.5. The van der Waals surface area contributed by atoms with E-state index < -0.39 is 0 Å². The molecule has 0 bridgehead atoms. The van der Waals surface area contributed by atoms with Crippen LogP contribution in [0.25, 0.3) is 0 Å². The summed E-state index contributed by atoms with van der Waals surface area (Å²) in [5.74, 6) is 0.0205. The van der Waals surface area contributed by atoms with Gasteiger partial charge in [-0.2, -0.15) is 0 Å². The fraction of sp³-hybridized carbons (Fsp3) is 0.529. The van der Waals surface area contributed by atoms with Crippen molar-refractivity contribution < 1.29 is 14.3 Å². The summed E-state index contributed by atoms with van der Waals surface area (Å²) in [4.78, 5) is 27.1. The molecule has 0 aliphatic carbocycles. The minimum absolute atomic E-state index is 0.0205. The Morgan fingerprint density at radius 2 is 1.83 bits per heavy atom. The maximum absolute atomic E-state index is 12.0. The molecule has 0 spiro atoms. The van der Waals surface area contributed by atoms with Crippen molar-refractivity contribution in [3.63, 3.8) is 0 Å². The van der Waals surface area contributed by atoms with E-state index in [9.17, 15) is 9.59 Å². The molecule has 1 N–H and O–H groups in total. The summed E-state index contributed by atoms with van der Waals surface area (Å²) >= 11 is 0. The zero-order valence-electron chi connectivity index (χ0n) is 14.2. The van der Waals surface area contributed by atoms with Crippen LogP contribution in [-0.4, -0.2) is 62.6 Å². The fourth-order valence-electron chi connectivity index (χ4n) is 2.10. The molecule has 6 nitrogen and oxygen atoms in total. The van der Waals surface area contributed by atoms with Crippen LogP contribution >= 0.6 is 0 Å². The van der Waals surface area contributed by atoms with Gasteiger partial charge in [0.1, 0.15) is 0 Å². The summed E-state index contributed by atoms with van der Waals surface area (Å²) in [7, 11) is 5.14. The van der Waals surface area contributed by atoms with Gasteiger partial charge in [0.2, 0.25) is 5.91 Å². The first-order valence-corrected chi connectivity index (χ1v) is 7.80. The monoisotopic (exact) mass is 321 g/mol. The van der Waals surface area contributed by atoms with Gasteiger partial charge in [0, 0.05) is 53.9 Å². The van der Waals surface area contributed by atoms with E-state index in [2.05, 4.69) is 5.32 Å². The van der Waals surface area contributed by atoms with Gasteiger partial charge >= 0.3 is 6.03 Å². The van der Waals surface area contributed by atoms with Gasteiger partial charge < -0.3 is 19.9 Å². The maximum atomic E-state index is 12.0. The second kappa shape index (κ2) is 10.6. The van der Waals surface area contributed by atoms with E-state index in [4.69, 9.17) is 4.74 Å². The average molecular weight is 321 g/mol. The fourth-order valence-corrected chi connectivity index (χ4v) is 2.10. The first-order valence-electron chi connectivity index (χ1n) is 7.80. The van der Waals surface area contributed by atoms with Crippen LogP contribution in [0.3, 0.4) is 0 Å². The third kappa shape index (κ3) is 7.65. The first kappa shape index (κ1) is 19.0. The Labute approximate surface area is 138 Å². The van der Waals surface area contributed by atoms with Crippen LogP contribution in [0.2, 0.25) is 0 Å². The van der Waals surface area contributed by atoms with Gasteiger partial charge in [0.05, 0.1) is 0 Å². The molecule has 23 heavy (non-hydrogen) atoms. The van der Waals surface area contributed by atoms with E-state index in [1.165, 1.54) is 0 Å². The number of amides is 3. The maximum Gasteiger partial charge on any atom is 0.317 e. The SMILES string of the molecule is COCCCN(C)C(=O)CCNC(=O)N(C)Cc1ccccc1. The molecule has 1 aromatic rings. The van der Waals surface area contributed by atoms with Crippen molar-refractivity contribution in [1.82, 2.24) is 15.1 Å². The summed E-state index contributed by atoms with van der Waals surface area (Å²) in [6.45, 7) is 2.18. The second-order valence-electron chi connectivity index (χ2n) is 5.49. The van der Waals surface area contributed by atoms with Crippen molar-refractivity contribution in [2.75, 3.05) is 40.9 Å². The molecule has 0 heterocycles. The third-order valence-corrected chi connectivity index (χ3v) is 3.49. The highest BCUT2D eigenvalue weighted by Gasteiger charge is 2.11. The number of rotatable bonds is 9. The second-order valence-corrected chi connectivity index (χ2v) is 5.49. The smallest absolute Gasteiger partial charge is 0.317 e. The van der Waals surface area contributed by atoms with Gasteiger partial charge in [-0.1, -0.05) is 30.3 Å². The Balaban J connectivity index is 2.23. The van der Waals surface area contributed by atoms with Gasteiger partial charge in [0.15, 0.2) is 0 Å². The Bertz CT molecular complexity index is 479. The quantitative estimate of drug-likeness (QED) is 0.704. The largest absolute Gasteiger partial charge is 0.385 e. The molecule has 0 aromatic heterocycles. The lowest BCUT2D eigenvalue weighted by atomic mass is 10.2. The van der Waals surface area contributed by atoms with Crippen molar-refractivity contribution in [3.8, 4) is 0 Å². The molecule has 0 fully saturated rings. The number of benzene rings is 1. The number of carbonyl (C=O) groups is 2. The summed E-state index contributed by atoms with van der Waals surface area (Å²) < 4.78 is 4.96. The first-order chi connectivity index (χ1) is 11.0. The topological polar surface area (TPSA) is 61.9 Å². The minimum atomic E-state index is -0.177. The zero-order chi connectivity index (χ0) is 17.1. The van der Waals surface area contributed by atoms with Gasteiger partial charge in [0.25, 0.3) is 0 Å². The zero-order valence-corrected chi connectivity index (χ0v) is 14.2. The molecular weight excluding hydrogens is 294 g/mol. The molecule has 0 aliphatic heterocycles. The van der Waals surface area contributed by atoms with Crippen LogP contribution in [0.4, 0.5) is 4.79 Å². The molecule has 0 unspecified atom stereocenters. The average Bonchev–Trinajstić information content (AvgIpc) is 2.55. The number of hydrogen-bond acceptors (Lipinski definition) is 3. The molecule has 0 saturated carbocycles. The van der Waals surface area contributed by atoms with Crippen molar-refractivity contribution in [1.29, 1.82) is 0 Å². The lowest BCUT2D eigenvalue weighted by Gasteiger charge is -2.19. The molecule has 1 aromatic carbocycles. The molecule has 128 valence electrons. The van der Waals surface area contributed by atoms with Crippen molar-refractivity contribution in [3.05, 3.63) is 35.9 Å². The molecule has 1 rings (SSSR count). The number of nitrogens with zero attached hydrogens (tertiary/aromatic N) is 2. The normalized spacial score (nSPS) is 10.2. The van der Waals surface area contributed by atoms with Gasteiger partial charge in [-0.15, -0.1) is 0 Å². The summed E-state index contributed by atoms with van der Waals surface area (Å²) in [5, 5.41) is 2.77. The minimum Gasteiger partial charge on any atom is -0.385 e. The lowest BCUT2D eigenvalue weighted by molar-refractivity contribution is -0.129.